The highest BCUT2D eigenvalue weighted by Crippen LogP contribution is 2.37. The Morgan fingerprint density at radius 2 is 1.52 bits per heavy atom. The second-order valence-electron chi connectivity index (χ2n) is 5.73. The Balaban J connectivity index is 2.37. The van der Waals surface area contributed by atoms with Crippen LogP contribution in [-0.4, -0.2) is 34.6 Å². The van der Waals surface area contributed by atoms with Gasteiger partial charge in [-0.3, -0.25) is 10.2 Å². The van der Waals surface area contributed by atoms with Crippen LogP contribution in [0.1, 0.15) is 24.0 Å². The zero-order valence-electron chi connectivity index (χ0n) is 13.6. The molecule has 0 spiro atoms. The van der Waals surface area contributed by atoms with Gasteiger partial charge in [0, 0.05) is 13.1 Å². The quantitative estimate of drug-likeness (QED) is 0.344. The molecule has 1 heterocycles. The molecule has 0 saturated carbocycles. The lowest BCUT2D eigenvalue weighted by Gasteiger charge is -2.17. The van der Waals surface area contributed by atoms with Crippen molar-refractivity contribution in [2.24, 2.45) is 10.8 Å². The van der Waals surface area contributed by atoms with Crippen LogP contribution in [0.2, 0.25) is 0 Å². The van der Waals surface area contributed by atoms with Crippen molar-refractivity contribution in [3.63, 3.8) is 0 Å². The summed E-state index contributed by atoms with van der Waals surface area (Å²) in [4.78, 5) is 13.3. The van der Waals surface area contributed by atoms with E-state index in [1.165, 1.54) is 4.90 Å². The number of nitrogens with two attached hydrogens (primary N) is 1. The molecule has 0 bridgehead atoms. The van der Waals surface area contributed by atoms with E-state index in [0.29, 0.717) is 25.2 Å². The average molecular weight is 412 g/mol. The molecule has 1 aliphatic rings. The van der Waals surface area contributed by atoms with Gasteiger partial charge >= 0.3 is 12.4 Å². The normalized spacial score (nSPS) is 15.8. The first kappa shape index (κ1) is 20.9. The maximum atomic E-state index is 12.9. The van der Waals surface area contributed by atoms with Crippen LogP contribution < -0.4 is 11.2 Å². The van der Waals surface area contributed by atoms with E-state index in [1.54, 1.807) is 0 Å². The summed E-state index contributed by atoms with van der Waals surface area (Å²) in [6, 6.07) is 0.866. The third kappa shape index (κ3) is 5.31. The molecule has 0 radical (unpaired) electrons. The number of likely N-dealkylation sites (tertiary alicyclic amines) is 1. The van der Waals surface area contributed by atoms with Gasteiger partial charge < -0.3 is 10.6 Å². The topological polar surface area (TPSA) is 70.7 Å². The molecule has 5 nitrogen and oxygen atoms in total. The number of carbonyl (C=O) groups excluding carboxylic acids is 1. The highest BCUT2D eigenvalue weighted by Gasteiger charge is 2.37. The van der Waals surface area contributed by atoms with Gasteiger partial charge in [0.15, 0.2) is 5.71 Å². The van der Waals surface area contributed by atoms with Gasteiger partial charge in [-0.1, -0.05) is 12.2 Å². The zero-order chi connectivity index (χ0) is 20.4. The molecule has 27 heavy (non-hydrogen) atoms. The smallest absolute Gasteiger partial charge is 0.388 e. The Labute approximate surface area is 155 Å². The Bertz CT molecular complexity index is 736. The molecule has 148 valence electrons. The second kappa shape index (κ2) is 7.71. The number of benzene rings is 1. The number of amides is 1. The van der Waals surface area contributed by atoms with E-state index < -0.39 is 45.8 Å². The largest absolute Gasteiger partial charge is 0.416 e. The lowest BCUT2D eigenvalue weighted by Crippen LogP contribution is -2.40. The van der Waals surface area contributed by atoms with Crippen molar-refractivity contribution >= 4 is 34.5 Å². The Hall–Kier alpha value is -2.37. The fourth-order valence-corrected chi connectivity index (χ4v) is 2.55. The van der Waals surface area contributed by atoms with Crippen molar-refractivity contribution in [1.29, 1.82) is 0 Å². The number of thiocarbonyl (C=S) groups is 1. The summed E-state index contributed by atoms with van der Waals surface area (Å²) in [5.74, 6) is -0.643. The highest BCUT2D eigenvalue weighted by atomic mass is 32.1. The first-order valence-electron chi connectivity index (χ1n) is 7.62. The Kier molecular flexibility index (Phi) is 5.97. The minimum atomic E-state index is -5.00. The van der Waals surface area contributed by atoms with Gasteiger partial charge in [0.05, 0.1) is 16.8 Å². The summed E-state index contributed by atoms with van der Waals surface area (Å²) >= 11 is 4.71. The van der Waals surface area contributed by atoms with Crippen LogP contribution in [-0.2, 0) is 17.1 Å². The molecule has 0 aliphatic carbocycles. The predicted molar refractivity (Wildman–Crippen MR) is 90.1 cm³/mol. The van der Waals surface area contributed by atoms with Crippen LogP contribution in [0, 0.1) is 0 Å². The summed E-state index contributed by atoms with van der Waals surface area (Å²) in [6.45, 7) is 0.866. The Morgan fingerprint density at radius 3 is 1.93 bits per heavy atom. The molecule has 1 amide bonds. The van der Waals surface area contributed by atoms with Crippen molar-refractivity contribution in [3.8, 4) is 0 Å². The van der Waals surface area contributed by atoms with Gasteiger partial charge in [0.1, 0.15) is 4.99 Å². The molecule has 0 atom stereocenters. The Morgan fingerprint density at radius 1 is 1.04 bits per heavy atom. The zero-order valence-corrected chi connectivity index (χ0v) is 14.4. The monoisotopic (exact) mass is 412 g/mol. The predicted octanol–water partition coefficient (Wildman–Crippen LogP) is 3.40. The molecule has 0 unspecified atom stereocenters. The average Bonchev–Trinajstić information content (AvgIpc) is 3.07. The lowest BCUT2D eigenvalue weighted by atomic mass is 10.1. The third-order valence-corrected chi connectivity index (χ3v) is 3.91. The molecule has 1 saturated heterocycles. The van der Waals surface area contributed by atoms with E-state index in [4.69, 9.17) is 18.0 Å². The van der Waals surface area contributed by atoms with Crippen molar-refractivity contribution in [3.05, 3.63) is 29.3 Å². The van der Waals surface area contributed by atoms with E-state index in [9.17, 15) is 31.1 Å². The summed E-state index contributed by atoms with van der Waals surface area (Å²) in [7, 11) is 0. The van der Waals surface area contributed by atoms with Crippen LogP contribution >= 0.6 is 12.2 Å². The van der Waals surface area contributed by atoms with Crippen molar-refractivity contribution in [2.75, 3.05) is 18.5 Å². The van der Waals surface area contributed by atoms with E-state index in [2.05, 4.69) is 5.10 Å². The number of hydrazone groups is 1. The minimum absolute atomic E-state index is 0.0151. The fourth-order valence-electron chi connectivity index (χ4n) is 2.42. The van der Waals surface area contributed by atoms with E-state index in [1.807, 2.05) is 5.43 Å². The molecule has 12 heteroatoms. The number of carbonyl (C=O) groups is 1. The van der Waals surface area contributed by atoms with Gasteiger partial charge in [0.2, 0.25) is 0 Å². The molecule has 2 rings (SSSR count). The molecular formula is C15H14F6N4OS. The standard InChI is InChI=1S/C15H14F6N4OS/c16-14(17,18)8-5-9(15(19,20)21)7-10(6-8)23-24-11(12(22)27)13(26)25-3-1-2-4-25/h5-7,23H,1-4H2,(H2,22,27)/b24-11-. The summed E-state index contributed by atoms with van der Waals surface area (Å²) in [5.41, 5.74) is 3.36. The molecule has 3 N–H and O–H groups in total. The molecule has 1 aromatic rings. The third-order valence-electron chi connectivity index (χ3n) is 3.71. The van der Waals surface area contributed by atoms with Gasteiger partial charge in [-0.05, 0) is 31.0 Å². The van der Waals surface area contributed by atoms with Crippen LogP contribution in [0.15, 0.2) is 23.3 Å². The van der Waals surface area contributed by atoms with Gasteiger partial charge in [-0.25, -0.2) is 0 Å². The number of alkyl halides is 6. The first-order valence-corrected chi connectivity index (χ1v) is 8.02. The highest BCUT2D eigenvalue weighted by molar-refractivity contribution is 7.82. The van der Waals surface area contributed by atoms with Crippen LogP contribution in [0.4, 0.5) is 32.0 Å². The van der Waals surface area contributed by atoms with Crippen LogP contribution in [0.5, 0.6) is 0 Å². The van der Waals surface area contributed by atoms with E-state index in [-0.39, 0.29) is 6.07 Å². The van der Waals surface area contributed by atoms with Crippen molar-refractivity contribution in [1.82, 2.24) is 4.90 Å². The summed E-state index contributed by atoms with van der Waals surface area (Å²) in [6.07, 6.45) is -8.49. The van der Waals surface area contributed by atoms with E-state index in [0.717, 1.165) is 12.8 Å². The number of hydrogen-bond donors (Lipinski definition) is 2. The molecule has 1 aliphatic heterocycles. The van der Waals surface area contributed by atoms with Crippen LogP contribution in [0.25, 0.3) is 0 Å². The lowest BCUT2D eigenvalue weighted by molar-refractivity contribution is -0.143. The number of nitrogens with one attached hydrogen (secondary N) is 1. The molecule has 0 aromatic heterocycles. The number of hydrogen-bond acceptors (Lipinski definition) is 4. The first-order chi connectivity index (χ1) is 12.4. The number of rotatable bonds is 4. The minimum Gasteiger partial charge on any atom is -0.388 e. The van der Waals surface area contributed by atoms with Gasteiger partial charge in [-0.2, -0.15) is 31.4 Å². The number of halogens is 6. The van der Waals surface area contributed by atoms with E-state index >= 15 is 0 Å². The number of nitrogens with zero attached hydrogens (tertiary/aromatic N) is 2. The number of anilines is 1. The summed E-state index contributed by atoms with van der Waals surface area (Å²) < 4.78 is 77.2. The second-order valence-corrected chi connectivity index (χ2v) is 6.17. The fraction of sp³-hybridized carbons (Fsp3) is 0.400. The van der Waals surface area contributed by atoms with Crippen LogP contribution in [0.3, 0.4) is 0 Å². The van der Waals surface area contributed by atoms with Gasteiger partial charge in [-0.15, -0.1) is 0 Å². The maximum Gasteiger partial charge on any atom is 0.416 e. The van der Waals surface area contributed by atoms with Gasteiger partial charge in [0.25, 0.3) is 5.91 Å². The maximum absolute atomic E-state index is 12.9. The summed E-state index contributed by atoms with van der Waals surface area (Å²) in [5, 5.41) is 3.56. The van der Waals surface area contributed by atoms with Crippen molar-refractivity contribution < 1.29 is 31.1 Å². The van der Waals surface area contributed by atoms with Crippen molar-refractivity contribution in [2.45, 2.75) is 25.2 Å². The molecule has 1 fully saturated rings. The SMILES string of the molecule is NC(=S)/C(=N/Nc1cc(C(F)(F)F)cc(C(F)(F)F)c1)C(=O)N1CCCC1. The molecular weight excluding hydrogens is 398 g/mol. The molecule has 1 aromatic carbocycles.